The molecule has 0 saturated carbocycles. The Bertz CT molecular complexity index is 336. The van der Waals surface area contributed by atoms with Crippen molar-refractivity contribution in [3.8, 4) is 0 Å². The van der Waals surface area contributed by atoms with Gasteiger partial charge in [-0.15, -0.1) is 12.6 Å². The summed E-state index contributed by atoms with van der Waals surface area (Å²) in [6.07, 6.45) is 0. The van der Waals surface area contributed by atoms with Crippen LogP contribution < -0.4 is 5.73 Å². The van der Waals surface area contributed by atoms with E-state index in [1.54, 1.807) is 18.2 Å². The summed E-state index contributed by atoms with van der Waals surface area (Å²) < 4.78 is 0. The molecule has 1 amide bonds. The molecule has 0 saturated heterocycles. The van der Waals surface area contributed by atoms with E-state index < -0.39 is 11.7 Å². The van der Waals surface area contributed by atoms with E-state index in [1.807, 2.05) is 0 Å². The van der Waals surface area contributed by atoms with Gasteiger partial charge >= 0.3 is 0 Å². The average Bonchev–Trinajstić information content (AvgIpc) is 2.04. The third-order valence-corrected chi connectivity index (χ3v) is 1.76. The van der Waals surface area contributed by atoms with Crippen molar-refractivity contribution in [2.24, 2.45) is 5.73 Å². The van der Waals surface area contributed by atoms with Crippen molar-refractivity contribution >= 4 is 24.3 Å². The molecule has 1 aromatic carbocycles. The topological polar surface area (TPSA) is 60.2 Å². The van der Waals surface area contributed by atoms with E-state index in [9.17, 15) is 9.59 Å². The van der Waals surface area contributed by atoms with Crippen LogP contribution in [-0.2, 0) is 4.79 Å². The molecule has 0 atom stereocenters. The van der Waals surface area contributed by atoms with Crippen LogP contribution in [0.5, 0.6) is 0 Å². The van der Waals surface area contributed by atoms with Crippen LogP contribution in [0.25, 0.3) is 0 Å². The summed E-state index contributed by atoms with van der Waals surface area (Å²) in [5.74, 6) is -1.67. The molecule has 1 rings (SSSR count). The third-order valence-electron chi connectivity index (χ3n) is 1.37. The molecule has 0 spiro atoms. The summed E-state index contributed by atoms with van der Waals surface area (Å²) in [5, 5.41) is 0. The zero-order valence-corrected chi connectivity index (χ0v) is 7.04. The Labute approximate surface area is 75.0 Å². The largest absolute Gasteiger partial charge is 0.363 e. The molecule has 0 aliphatic heterocycles. The number of hydrogen-bond acceptors (Lipinski definition) is 3. The van der Waals surface area contributed by atoms with Crippen molar-refractivity contribution in [3.05, 3.63) is 29.8 Å². The Hall–Kier alpha value is -1.29. The molecule has 3 nitrogen and oxygen atoms in total. The molecular weight excluding hydrogens is 174 g/mol. The quantitative estimate of drug-likeness (QED) is 0.399. The van der Waals surface area contributed by atoms with Gasteiger partial charge in [0.2, 0.25) is 0 Å². The predicted octanol–water partition coefficient (Wildman–Crippen LogP) is 0.643. The highest BCUT2D eigenvalue weighted by molar-refractivity contribution is 7.80. The van der Waals surface area contributed by atoms with Crippen LogP contribution in [0.4, 0.5) is 0 Å². The second kappa shape index (κ2) is 3.40. The predicted molar refractivity (Wildman–Crippen MR) is 47.2 cm³/mol. The van der Waals surface area contributed by atoms with Gasteiger partial charge in [-0.05, 0) is 12.1 Å². The number of Topliss-reactive ketones (excluding diaryl/α,β-unsaturated/α-hetero) is 1. The van der Waals surface area contributed by atoms with Gasteiger partial charge < -0.3 is 5.73 Å². The summed E-state index contributed by atoms with van der Waals surface area (Å²) in [6.45, 7) is 0. The number of ketones is 1. The van der Waals surface area contributed by atoms with Crippen LogP contribution in [0.15, 0.2) is 29.2 Å². The van der Waals surface area contributed by atoms with E-state index >= 15 is 0 Å². The zero-order chi connectivity index (χ0) is 9.14. The highest BCUT2D eigenvalue weighted by Crippen LogP contribution is 2.12. The smallest absolute Gasteiger partial charge is 0.289 e. The number of thiol groups is 1. The van der Waals surface area contributed by atoms with E-state index in [1.165, 1.54) is 6.07 Å². The number of primary amides is 1. The monoisotopic (exact) mass is 181 g/mol. The Morgan fingerprint density at radius 3 is 2.33 bits per heavy atom. The average molecular weight is 181 g/mol. The molecule has 0 bridgehead atoms. The van der Waals surface area contributed by atoms with E-state index in [0.29, 0.717) is 4.90 Å². The maximum Gasteiger partial charge on any atom is 0.289 e. The molecule has 4 heteroatoms. The van der Waals surface area contributed by atoms with Crippen LogP contribution in [0, 0.1) is 0 Å². The van der Waals surface area contributed by atoms with Crippen LogP contribution in [0.2, 0.25) is 0 Å². The molecule has 0 fully saturated rings. The van der Waals surface area contributed by atoms with Crippen LogP contribution in [0.1, 0.15) is 10.4 Å². The lowest BCUT2D eigenvalue weighted by Gasteiger charge is -1.98. The first-order chi connectivity index (χ1) is 5.63. The van der Waals surface area contributed by atoms with Gasteiger partial charge in [-0.2, -0.15) is 0 Å². The zero-order valence-electron chi connectivity index (χ0n) is 6.15. The maximum absolute atomic E-state index is 11.0. The SMILES string of the molecule is NC(=O)C(=O)c1ccccc1S. The number of benzene rings is 1. The van der Waals surface area contributed by atoms with Crippen molar-refractivity contribution in [2.75, 3.05) is 0 Å². The normalized spacial score (nSPS) is 9.42. The van der Waals surface area contributed by atoms with Gasteiger partial charge in [0.05, 0.1) is 0 Å². The van der Waals surface area contributed by atoms with E-state index in [0.717, 1.165) is 0 Å². The fourth-order valence-corrected chi connectivity index (χ4v) is 1.06. The molecule has 0 aliphatic carbocycles. The Morgan fingerprint density at radius 2 is 1.83 bits per heavy atom. The van der Waals surface area contributed by atoms with Gasteiger partial charge in [-0.1, -0.05) is 12.1 Å². The number of amides is 1. The fraction of sp³-hybridized carbons (Fsp3) is 0. The Kier molecular flexibility index (Phi) is 2.50. The van der Waals surface area contributed by atoms with E-state index in [2.05, 4.69) is 12.6 Å². The van der Waals surface area contributed by atoms with Gasteiger partial charge in [0.15, 0.2) is 0 Å². The minimum atomic E-state index is -0.962. The van der Waals surface area contributed by atoms with Crippen molar-refractivity contribution in [1.29, 1.82) is 0 Å². The number of hydrogen-bond donors (Lipinski definition) is 2. The van der Waals surface area contributed by atoms with Gasteiger partial charge in [0.25, 0.3) is 11.7 Å². The number of carbonyl (C=O) groups excluding carboxylic acids is 2. The molecule has 0 aromatic heterocycles. The second-order valence-corrected chi connectivity index (χ2v) is 2.69. The minimum Gasteiger partial charge on any atom is -0.363 e. The Morgan fingerprint density at radius 1 is 1.25 bits per heavy atom. The third kappa shape index (κ3) is 1.65. The molecule has 0 unspecified atom stereocenters. The van der Waals surface area contributed by atoms with Crippen molar-refractivity contribution in [2.45, 2.75) is 4.90 Å². The minimum absolute atomic E-state index is 0.244. The molecule has 12 heavy (non-hydrogen) atoms. The van der Waals surface area contributed by atoms with Crippen molar-refractivity contribution < 1.29 is 9.59 Å². The Balaban J connectivity index is 3.11. The second-order valence-electron chi connectivity index (χ2n) is 2.21. The van der Waals surface area contributed by atoms with E-state index in [4.69, 9.17) is 5.73 Å². The molecular formula is C8H7NO2S. The van der Waals surface area contributed by atoms with Gasteiger partial charge in [-0.3, -0.25) is 9.59 Å². The van der Waals surface area contributed by atoms with Gasteiger partial charge in [0.1, 0.15) is 0 Å². The van der Waals surface area contributed by atoms with Crippen molar-refractivity contribution in [1.82, 2.24) is 0 Å². The van der Waals surface area contributed by atoms with Crippen LogP contribution in [-0.4, -0.2) is 11.7 Å². The van der Waals surface area contributed by atoms with Gasteiger partial charge in [0, 0.05) is 10.5 Å². The molecule has 62 valence electrons. The summed E-state index contributed by atoms with van der Waals surface area (Å²) in [7, 11) is 0. The summed E-state index contributed by atoms with van der Waals surface area (Å²) in [5.41, 5.74) is 5.06. The molecule has 2 N–H and O–H groups in total. The van der Waals surface area contributed by atoms with E-state index in [-0.39, 0.29) is 5.56 Å². The highest BCUT2D eigenvalue weighted by Gasteiger charge is 2.13. The summed E-state index contributed by atoms with van der Waals surface area (Å²) >= 11 is 4.00. The summed E-state index contributed by atoms with van der Waals surface area (Å²) in [6, 6.07) is 6.50. The molecule has 1 aromatic rings. The number of rotatable bonds is 2. The van der Waals surface area contributed by atoms with Gasteiger partial charge in [-0.25, -0.2) is 0 Å². The number of nitrogens with two attached hydrogens (primary N) is 1. The molecule has 0 heterocycles. The lowest BCUT2D eigenvalue weighted by Crippen LogP contribution is -2.23. The van der Waals surface area contributed by atoms with Crippen LogP contribution in [0.3, 0.4) is 0 Å². The standard InChI is InChI=1S/C8H7NO2S/c9-8(11)7(10)5-3-1-2-4-6(5)12/h1-4,12H,(H2,9,11). The lowest BCUT2D eigenvalue weighted by molar-refractivity contribution is -0.114. The highest BCUT2D eigenvalue weighted by atomic mass is 32.1. The first-order valence-corrected chi connectivity index (χ1v) is 3.70. The lowest BCUT2D eigenvalue weighted by atomic mass is 10.1. The first kappa shape index (κ1) is 8.80. The number of carbonyl (C=O) groups is 2. The fourth-order valence-electron chi connectivity index (χ4n) is 0.798. The molecule has 0 aliphatic rings. The molecule has 0 radical (unpaired) electrons. The first-order valence-electron chi connectivity index (χ1n) is 3.25. The van der Waals surface area contributed by atoms with Crippen molar-refractivity contribution in [3.63, 3.8) is 0 Å². The summed E-state index contributed by atoms with van der Waals surface area (Å²) in [4.78, 5) is 22.0. The van der Waals surface area contributed by atoms with Crippen LogP contribution >= 0.6 is 12.6 Å². The maximum atomic E-state index is 11.0.